The Morgan fingerprint density at radius 1 is 0.552 bits per heavy atom. The summed E-state index contributed by atoms with van der Waals surface area (Å²) in [6.07, 6.45) is 1.20. The van der Waals surface area contributed by atoms with Gasteiger partial charge in [-0.25, -0.2) is 0 Å². The molecule has 1 unspecified atom stereocenters. The molecule has 0 saturated carbocycles. The summed E-state index contributed by atoms with van der Waals surface area (Å²) in [5, 5.41) is 62.1. The first-order valence-corrected chi connectivity index (χ1v) is 45.5. The fraction of sp³-hybridized carbons (Fsp3) is 0.560. The van der Waals surface area contributed by atoms with Crippen LogP contribution in [0.15, 0.2) is 85.2 Å². The fourth-order valence-corrected chi connectivity index (χ4v) is 16.8. The first kappa shape index (κ1) is 106. The van der Waals surface area contributed by atoms with Crippen molar-refractivity contribution in [2.24, 2.45) is 34.8 Å². The van der Waals surface area contributed by atoms with Crippen LogP contribution in [0.3, 0.4) is 0 Å². The van der Waals surface area contributed by atoms with Gasteiger partial charge in [-0.2, -0.15) is 0 Å². The largest absolute Gasteiger partial charge is 0.508 e. The number of primary amides is 2. The summed E-state index contributed by atoms with van der Waals surface area (Å²) in [6, 6.07) is -2.27. The number of H-pyrrole nitrogens is 1. The van der Waals surface area contributed by atoms with Crippen molar-refractivity contribution in [2.75, 3.05) is 67.0 Å². The number of carboxylic acids is 1. The fourth-order valence-electron chi connectivity index (χ4n) is 16.8. The molecule has 2 aromatic heterocycles. The maximum atomic E-state index is 16.0. The highest BCUT2D eigenvalue weighted by Gasteiger charge is 2.47. The zero-order valence-corrected chi connectivity index (χ0v) is 77.6. The van der Waals surface area contributed by atoms with Crippen LogP contribution in [0.5, 0.6) is 5.75 Å². The number of carboxylic acid groups (broad SMARTS) is 1. The molecule has 3 saturated heterocycles. The molecule has 17 amide bonds. The van der Waals surface area contributed by atoms with E-state index in [0.717, 1.165) is 24.5 Å². The number of nitrogens with zero attached hydrogens (tertiary/aromatic N) is 6. The molecule has 23 N–H and O–H groups in total. The minimum atomic E-state index is -1.77. The van der Waals surface area contributed by atoms with E-state index in [4.69, 9.17) is 22.9 Å². The normalized spacial score (nSPS) is 24.9. The van der Waals surface area contributed by atoms with Crippen molar-refractivity contribution in [1.82, 2.24) is 92.5 Å². The summed E-state index contributed by atoms with van der Waals surface area (Å²) in [5.74, 6) is -18.5. The second kappa shape index (κ2) is 50.1. The molecule has 0 bridgehead atoms. The number of aromatic hydroxyl groups is 1. The molecule has 3 fully saturated rings. The maximum Gasteiger partial charge on any atom is 0.323 e. The number of aliphatic hydroxyl groups excluding tert-OH is 1. The monoisotopic (exact) mass is 1870 g/mol. The highest BCUT2D eigenvalue weighted by Crippen LogP contribution is 2.29. The standard InChI is InChI=1S/C91H132N22O21/c1-11-13-25-69-84(127)101-61(35-49(3)4)81(124)106-67(79(122)98-44-74(95)117)43-96-45-75(118)99-63(36-52-29-31-55(114)32-30-52)87(130)108(8)51(7)78(121)103-65(40-73(94)116)89(132)112-34-20-28-70(112)85(128)105-66(41-93)83(126)107-77(50(5)6)91(134)113-47-56(115)39-72(113)86(129)102-62(37-53-42-97-59-23-17-15-21-57(53)59)82(125)100-60(24-19-33-92)80(123)104-64(88(131)110(10)71(26-14-12-2)90(133)109(69)9)38-54-46-111(48-76(119)120)68-27-18-16-22-58(54)68/h15-18,21-23,27,29-32,42,46,49-51,56,60-67,69-72,77,96-97,114-115H,11-14,19-20,24-26,28,33-41,43-45,47-48,92-93H2,1-10H3,(H2,94,116)(H2,95,117)(H,98,122)(H,99,118)(H,100,125)(H,101,127)(H,102,129)(H,103,121)(H,104,123)(H,105,128)(H,106,124)(H,107,126)(H,119,120)/t51-,56+,60-,61-,62-,63-,64?,65-,66-,67-,69-,70-,71-,72-,77-/m0/s1. The SMILES string of the molecule is CCCC[C@H]1C(=O)N(C)[C@@H](CCCC)C(=O)N[C@@H](CC(C)C)C(=O)N[C@H](C(=O)NCC(N)=O)CNCC(=O)N[C@@H](Cc2ccc(O)cc2)C(=O)N(C)[C@@H](C)C(=O)N[C@@H](CC(N)=O)C(=O)N2CCC[C@H]2C(=O)N[C@@H](CN)C(=O)N[C@@H](C(C)C)C(=O)N2C[C@H](O)C[C@H]2C(=O)N[C@@H](Cc2c[nH]c3ccccc23)C(=O)N[C@@H](CCCN)C(=O)NC(Cc2cn(CC(=O)O)c3ccccc23)C(=O)N1C. The number of unbranched alkanes of at least 4 members (excludes halogenated alkanes) is 2. The first-order valence-electron chi connectivity index (χ1n) is 45.5. The van der Waals surface area contributed by atoms with Gasteiger partial charge in [-0.15, -0.1) is 0 Å². The van der Waals surface area contributed by atoms with Gasteiger partial charge in [0.15, 0.2) is 0 Å². The van der Waals surface area contributed by atoms with E-state index in [1.54, 1.807) is 82.4 Å². The molecule has 43 nitrogen and oxygen atoms in total. The number of para-hydroxylation sites is 2. The minimum absolute atomic E-state index is 0.00267. The average molecular weight is 1870 g/mol. The third-order valence-electron chi connectivity index (χ3n) is 24.3. The van der Waals surface area contributed by atoms with E-state index < -0.39 is 249 Å². The van der Waals surface area contributed by atoms with Gasteiger partial charge in [0.1, 0.15) is 96.9 Å². The smallest absolute Gasteiger partial charge is 0.323 e. The number of nitrogens with two attached hydrogens (primary N) is 4. The summed E-state index contributed by atoms with van der Waals surface area (Å²) in [6.45, 7) is 7.84. The number of benzene rings is 3. The van der Waals surface area contributed by atoms with E-state index >= 15 is 33.6 Å². The van der Waals surface area contributed by atoms with Crippen LogP contribution in [-0.2, 0) is 112 Å². The number of aromatic nitrogens is 2. The van der Waals surface area contributed by atoms with Crippen LogP contribution in [0, 0.1) is 11.8 Å². The van der Waals surface area contributed by atoms with Crippen LogP contribution in [0.4, 0.5) is 0 Å². The number of fused-ring (bicyclic) bond motifs is 4. The maximum absolute atomic E-state index is 16.0. The van der Waals surface area contributed by atoms with Gasteiger partial charge in [0.2, 0.25) is 100 Å². The molecule has 3 aliphatic heterocycles. The number of phenolic OH excluding ortho intramolecular Hbond substituents is 1. The molecule has 5 aromatic rings. The predicted octanol–water partition coefficient (Wildman–Crippen LogP) is -3.38. The molecule has 3 aromatic carbocycles. The molecule has 15 atom stereocenters. The van der Waals surface area contributed by atoms with E-state index in [2.05, 4.69) is 63.5 Å². The van der Waals surface area contributed by atoms with Gasteiger partial charge >= 0.3 is 5.97 Å². The van der Waals surface area contributed by atoms with Crippen LogP contribution in [-0.4, -0.2) is 313 Å². The van der Waals surface area contributed by atoms with Crippen molar-refractivity contribution in [1.29, 1.82) is 0 Å². The van der Waals surface area contributed by atoms with Gasteiger partial charge in [0, 0.05) is 107 Å². The summed E-state index contributed by atoms with van der Waals surface area (Å²) in [7, 11) is 3.91. The average Bonchev–Trinajstić information content (AvgIpc) is 1.62. The summed E-state index contributed by atoms with van der Waals surface area (Å²) in [5.41, 5.74) is 25.8. The van der Waals surface area contributed by atoms with Gasteiger partial charge in [0.25, 0.3) is 0 Å². The van der Waals surface area contributed by atoms with Crippen molar-refractivity contribution in [3.8, 4) is 5.75 Å². The van der Waals surface area contributed by atoms with Crippen LogP contribution >= 0.6 is 0 Å². The first-order chi connectivity index (χ1) is 63.6. The second-order valence-electron chi connectivity index (χ2n) is 35.3. The zero-order chi connectivity index (χ0) is 98.6. The van der Waals surface area contributed by atoms with Crippen LogP contribution in [0.2, 0.25) is 0 Å². The minimum Gasteiger partial charge on any atom is -0.508 e. The molecular formula is C91H132N22O21. The number of carbonyl (C=O) groups is 18. The lowest BCUT2D eigenvalue weighted by molar-refractivity contribution is -0.149. The Bertz CT molecular complexity index is 5040. The number of aliphatic carboxylic acids is 1. The summed E-state index contributed by atoms with van der Waals surface area (Å²) in [4.78, 5) is 270. The molecule has 3 aliphatic rings. The molecule has 43 heteroatoms. The zero-order valence-electron chi connectivity index (χ0n) is 77.6. The molecule has 0 spiro atoms. The predicted molar refractivity (Wildman–Crippen MR) is 490 cm³/mol. The lowest BCUT2D eigenvalue weighted by Gasteiger charge is -2.36. The van der Waals surface area contributed by atoms with E-state index in [9.17, 15) is 68.1 Å². The Labute approximate surface area is 776 Å². The van der Waals surface area contributed by atoms with Crippen molar-refractivity contribution in [3.05, 3.63) is 102 Å². The van der Waals surface area contributed by atoms with Crippen LogP contribution in [0.25, 0.3) is 21.8 Å². The number of rotatable bonds is 26. The number of nitrogens with one attached hydrogen (secondary N) is 12. The van der Waals surface area contributed by atoms with E-state index in [1.165, 1.54) is 63.1 Å². The number of likely N-dealkylation sites (N-methyl/N-ethyl adjacent to an activating group) is 3. The molecule has 8 rings (SSSR count). The van der Waals surface area contributed by atoms with Gasteiger partial charge in [0.05, 0.1) is 25.6 Å². The highest BCUT2D eigenvalue weighted by atomic mass is 16.4. The third kappa shape index (κ3) is 28.9. The quantitative estimate of drug-likeness (QED) is 0.0257. The number of carbonyl (C=O) groups excluding carboxylic acids is 17. The van der Waals surface area contributed by atoms with Crippen molar-refractivity contribution in [2.45, 2.75) is 248 Å². The van der Waals surface area contributed by atoms with E-state index in [0.29, 0.717) is 64.2 Å². The molecule has 134 heavy (non-hydrogen) atoms. The molecule has 5 heterocycles. The number of aliphatic hydroxyl groups is 1. The molecule has 732 valence electrons. The summed E-state index contributed by atoms with van der Waals surface area (Å²) >= 11 is 0. The molecular weight excluding hydrogens is 1740 g/mol. The van der Waals surface area contributed by atoms with Crippen molar-refractivity contribution in [3.63, 3.8) is 0 Å². The van der Waals surface area contributed by atoms with Gasteiger partial charge < -0.3 is 131 Å². The number of amides is 17. The molecule has 0 radical (unpaired) electrons. The Balaban J connectivity index is 1.21. The number of aromatic amines is 1. The second-order valence-corrected chi connectivity index (χ2v) is 35.3. The Morgan fingerprint density at radius 3 is 1.77 bits per heavy atom. The van der Waals surface area contributed by atoms with E-state index in [-0.39, 0.29) is 95.4 Å². The van der Waals surface area contributed by atoms with E-state index in [1.807, 2.05) is 13.8 Å². The Hall–Kier alpha value is -13.2. The van der Waals surface area contributed by atoms with Gasteiger partial charge in [-0.05, 0) is 111 Å². The van der Waals surface area contributed by atoms with Gasteiger partial charge in [-0.3, -0.25) is 86.3 Å². The summed E-state index contributed by atoms with van der Waals surface area (Å²) < 4.78 is 1.44. The number of phenols is 1. The Kier molecular flexibility index (Phi) is 39.7. The highest BCUT2D eigenvalue weighted by molar-refractivity contribution is 6.03. The Morgan fingerprint density at radius 2 is 1.13 bits per heavy atom. The number of hydrogen-bond acceptors (Lipinski definition) is 23. The third-order valence-corrected chi connectivity index (χ3v) is 24.3. The van der Waals surface area contributed by atoms with Crippen LogP contribution in [0.1, 0.15) is 149 Å². The lowest BCUT2D eigenvalue weighted by Crippen LogP contribution is -2.62. The van der Waals surface area contributed by atoms with Crippen molar-refractivity contribution >= 4 is 128 Å². The lowest BCUT2D eigenvalue weighted by atomic mass is 9.99. The molecule has 0 aliphatic carbocycles. The van der Waals surface area contributed by atoms with Crippen LogP contribution < -0.4 is 81.4 Å². The topological polar surface area (TPSA) is 641 Å². The van der Waals surface area contributed by atoms with Crippen molar-refractivity contribution < 1.29 is 102 Å². The number of hydrogen-bond donors (Lipinski definition) is 19. The van der Waals surface area contributed by atoms with Gasteiger partial charge in [-0.1, -0.05) is 116 Å².